The van der Waals surface area contributed by atoms with Crippen molar-refractivity contribution in [3.8, 4) is 0 Å². The minimum absolute atomic E-state index is 0.0245. The molecule has 4 heteroatoms. The molecule has 0 radical (unpaired) electrons. The van der Waals surface area contributed by atoms with E-state index in [-0.39, 0.29) is 18.6 Å². The van der Waals surface area contributed by atoms with E-state index in [9.17, 15) is 4.79 Å². The summed E-state index contributed by atoms with van der Waals surface area (Å²) in [6.45, 7) is -0.0973. The quantitative estimate of drug-likeness (QED) is 0.704. The summed E-state index contributed by atoms with van der Waals surface area (Å²) >= 11 is 1.52. The molecule has 0 atom stereocenters. The number of fused-ring (bicyclic) bond motifs is 2. The Bertz CT molecular complexity index is 821. The fourth-order valence-corrected chi connectivity index (χ4v) is 3.26. The molecule has 0 amide bonds. The Morgan fingerprint density at radius 1 is 0.842 bits per heavy atom. The molecule has 0 unspecified atom stereocenters. The first-order valence-electron chi connectivity index (χ1n) is 5.93. The zero-order valence-corrected chi connectivity index (χ0v) is 10.9. The average molecular weight is 272 g/mol. The number of aliphatic hydroxyl groups excluding tert-OH is 2. The van der Waals surface area contributed by atoms with E-state index in [0.29, 0.717) is 10.8 Å². The van der Waals surface area contributed by atoms with Crippen LogP contribution in [0.3, 0.4) is 0 Å². The molecule has 0 saturated heterocycles. The molecule has 96 valence electrons. The van der Waals surface area contributed by atoms with Gasteiger partial charge in [-0.05, 0) is 35.4 Å². The Balaban J connectivity index is 2.41. The minimum atomic E-state index is -0.0679. The molecule has 0 aliphatic rings. The van der Waals surface area contributed by atoms with Gasteiger partial charge in [-0.2, -0.15) is 0 Å². The van der Waals surface area contributed by atoms with Crippen LogP contribution in [0.4, 0.5) is 0 Å². The highest BCUT2D eigenvalue weighted by atomic mass is 32.1. The number of hydrogen-bond donors (Lipinski definition) is 2. The Hall–Kier alpha value is -1.75. The molecule has 3 nitrogen and oxygen atoms in total. The lowest BCUT2D eigenvalue weighted by Crippen LogP contribution is -2.02. The second kappa shape index (κ2) is 4.74. The van der Waals surface area contributed by atoms with Gasteiger partial charge in [0.2, 0.25) is 0 Å². The Labute approximate surface area is 113 Å². The number of benzene rings is 2. The first kappa shape index (κ1) is 12.3. The third kappa shape index (κ3) is 2.04. The maximum Gasteiger partial charge on any atom is 0.195 e. The molecule has 2 aromatic carbocycles. The van der Waals surface area contributed by atoms with Crippen molar-refractivity contribution in [2.45, 2.75) is 13.2 Å². The summed E-state index contributed by atoms with van der Waals surface area (Å²) in [6, 6.07) is 10.8. The maximum absolute atomic E-state index is 12.4. The van der Waals surface area contributed by atoms with Crippen LogP contribution in [0.2, 0.25) is 0 Å². The fourth-order valence-electron chi connectivity index (χ4n) is 2.14. The first-order chi connectivity index (χ1) is 9.22. The van der Waals surface area contributed by atoms with Crippen molar-refractivity contribution in [2.75, 3.05) is 0 Å². The normalized spacial score (nSPS) is 11.3. The predicted octanol–water partition coefficient (Wildman–Crippen LogP) is 2.40. The molecule has 3 rings (SSSR count). The Morgan fingerprint density at radius 2 is 1.53 bits per heavy atom. The van der Waals surface area contributed by atoms with Crippen LogP contribution in [-0.2, 0) is 13.2 Å². The summed E-state index contributed by atoms with van der Waals surface area (Å²) in [6.07, 6.45) is 0. The van der Waals surface area contributed by atoms with Crippen LogP contribution >= 0.6 is 11.3 Å². The van der Waals surface area contributed by atoms with Crippen molar-refractivity contribution < 1.29 is 10.2 Å². The monoisotopic (exact) mass is 272 g/mol. The lowest BCUT2D eigenvalue weighted by Gasteiger charge is -2.04. The number of rotatable bonds is 2. The highest BCUT2D eigenvalue weighted by Gasteiger charge is 2.07. The molecule has 0 saturated carbocycles. The van der Waals surface area contributed by atoms with Gasteiger partial charge in [0.25, 0.3) is 0 Å². The van der Waals surface area contributed by atoms with Crippen LogP contribution < -0.4 is 5.43 Å². The van der Waals surface area contributed by atoms with Crippen LogP contribution in [-0.4, -0.2) is 10.2 Å². The van der Waals surface area contributed by atoms with Gasteiger partial charge in [0.15, 0.2) is 5.43 Å². The average Bonchev–Trinajstić information content (AvgIpc) is 2.46. The molecule has 1 aromatic heterocycles. The van der Waals surface area contributed by atoms with Gasteiger partial charge < -0.3 is 10.2 Å². The highest BCUT2D eigenvalue weighted by Crippen LogP contribution is 2.26. The van der Waals surface area contributed by atoms with Crippen molar-refractivity contribution >= 4 is 31.5 Å². The van der Waals surface area contributed by atoms with E-state index in [0.717, 1.165) is 20.5 Å². The third-order valence-electron chi connectivity index (χ3n) is 3.16. The molecular formula is C15H12O3S. The van der Waals surface area contributed by atoms with Crippen molar-refractivity contribution in [3.05, 3.63) is 57.7 Å². The maximum atomic E-state index is 12.4. The summed E-state index contributed by atoms with van der Waals surface area (Å²) in [5.41, 5.74) is 1.51. The van der Waals surface area contributed by atoms with E-state index in [1.807, 2.05) is 18.2 Å². The Kier molecular flexibility index (Phi) is 3.06. The second-order valence-corrected chi connectivity index (χ2v) is 5.49. The molecule has 1 heterocycles. The summed E-state index contributed by atoms with van der Waals surface area (Å²) in [7, 11) is 0. The predicted molar refractivity (Wildman–Crippen MR) is 77.4 cm³/mol. The zero-order valence-electron chi connectivity index (χ0n) is 10.1. The van der Waals surface area contributed by atoms with Crippen LogP contribution in [0.5, 0.6) is 0 Å². The summed E-state index contributed by atoms with van der Waals surface area (Å²) in [5.74, 6) is 0. The Morgan fingerprint density at radius 3 is 2.26 bits per heavy atom. The van der Waals surface area contributed by atoms with Gasteiger partial charge >= 0.3 is 0 Å². The van der Waals surface area contributed by atoms with Crippen LogP contribution in [0.25, 0.3) is 20.2 Å². The highest BCUT2D eigenvalue weighted by molar-refractivity contribution is 7.24. The smallest absolute Gasteiger partial charge is 0.195 e. The largest absolute Gasteiger partial charge is 0.392 e. The van der Waals surface area contributed by atoms with Crippen molar-refractivity contribution in [2.24, 2.45) is 0 Å². The van der Waals surface area contributed by atoms with Crippen LogP contribution in [0, 0.1) is 0 Å². The standard InChI is InChI=1S/C15H12O3S/c16-7-9-2-4-13-12(5-9)15(18)11-3-1-10(8-17)6-14(11)19-13/h1-6,16-17H,7-8H2. The molecule has 2 N–H and O–H groups in total. The molecule has 0 spiro atoms. The molecule has 19 heavy (non-hydrogen) atoms. The van der Waals surface area contributed by atoms with Gasteiger partial charge in [-0.3, -0.25) is 4.79 Å². The molecule has 0 aliphatic carbocycles. The number of hydrogen-bond acceptors (Lipinski definition) is 4. The van der Waals surface area contributed by atoms with E-state index in [4.69, 9.17) is 10.2 Å². The van der Waals surface area contributed by atoms with Crippen LogP contribution in [0.1, 0.15) is 11.1 Å². The van der Waals surface area contributed by atoms with Gasteiger partial charge in [-0.1, -0.05) is 12.1 Å². The van der Waals surface area contributed by atoms with Gasteiger partial charge in [-0.25, -0.2) is 0 Å². The van der Waals surface area contributed by atoms with Crippen molar-refractivity contribution in [1.29, 1.82) is 0 Å². The van der Waals surface area contributed by atoms with E-state index >= 15 is 0 Å². The fraction of sp³-hybridized carbons (Fsp3) is 0.133. The molecule has 0 aliphatic heterocycles. The van der Waals surface area contributed by atoms with E-state index in [2.05, 4.69) is 0 Å². The van der Waals surface area contributed by atoms with E-state index in [1.54, 1.807) is 18.2 Å². The molecule has 3 aromatic rings. The zero-order chi connectivity index (χ0) is 13.4. The van der Waals surface area contributed by atoms with Crippen molar-refractivity contribution in [1.82, 2.24) is 0 Å². The van der Waals surface area contributed by atoms with Crippen LogP contribution in [0.15, 0.2) is 41.2 Å². The summed E-state index contributed by atoms with van der Waals surface area (Å²) in [4.78, 5) is 12.4. The summed E-state index contributed by atoms with van der Waals surface area (Å²) < 4.78 is 1.77. The van der Waals surface area contributed by atoms with Crippen molar-refractivity contribution in [3.63, 3.8) is 0 Å². The summed E-state index contributed by atoms with van der Waals surface area (Å²) in [5, 5.41) is 19.6. The van der Waals surface area contributed by atoms with Gasteiger partial charge in [-0.15, -0.1) is 11.3 Å². The van der Waals surface area contributed by atoms with E-state index < -0.39 is 0 Å². The lowest BCUT2D eigenvalue weighted by molar-refractivity contribution is 0.282. The van der Waals surface area contributed by atoms with Gasteiger partial charge in [0.1, 0.15) is 0 Å². The minimum Gasteiger partial charge on any atom is -0.392 e. The first-order valence-corrected chi connectivity index (χ1v) is 6.74. The molecular weight excluding hydrogens is 260 g/mol. The number of aliphatic hydroxyl groups is 2. The molecule has 0 fully saturated rings. The molecule has 0 bridgehead atoms. The topological polar surface area (TPSA) is 57.5 Å². The van der Waals surface area contributed by atoms with Gasteiger partial charge in [0, 0.05) is 20.2 Å². The SMILES string of the molecule is O=c1c2ccc(CO)cc2sc2ccc(CO)cc12. The lowest BCUT2D eigenvalue weighted by atomic mass is 10.1. The third-order valence-corrected chi connectivity index (χ3v) is 4.30. The van der Waals surface area contributed by atoms with Gasteiger partial charge in [0.05, 0.1) is 13.2 Å². The van der Waals surface area contributed by atoms with E-state index in [1.165, 1.54) is 11.3 Å². The second-order valence-electron chi connectivity index (χ2n) is 4.41.